The SMILES string of the molecule is Nc1cccc2c(Br)nc(C3CCOC3)n12. The molecule has 1 saturated heterocycles. The minimum Gasteiger partial charge on any atom is -0.385 e. The van der Waals surface area contributed by atoms with Gasteiger partial charge in [-0.25, -0.2) is 4.98 Å². The van der Waals surface area contributed by atoms with Crippen molar-refractivity contribution in [2.45, 2.75) is 12.3 Å². The van der Waals surface area contributed by atoms with Crippen molar-refractivity contribution in [3.63, 3.8) is 0 Å². The van der Waals surface area contributed by atoms with Gasteiger partial charge in [-0.3, -0.25) is 4.40 Å². The highest BCUT2D eigenvalue weighted by Gasteiger charge is 2.24. The molecule has 1 aliphatic rings. The van der Waals surface area contributed by atoms with Crippen LogP contribution in [0, 0.1) is 0 Å². The maximum atomic E-state index is 6.00. The number of imidazole rings is 1. The van der Waals surface area contributed by atoms with Gasteiger partial charge in [0.05, 0.1) is 12.1 Å². The molecule has 0 spiro atoms. The van der Waals surface area contributed by atoms with Gasteiger partial charge in [-0.2, -0.15) is 0 Å². The Morgan fingerprint density at radius 3 is 3.12 bits per heavy atom. The molecule has 2 aromatic rings. The molecule has 4 nitrogen and oxygen atoms in total. The van der Waals surface area contributed by atoms with Crippen LogP contribution in [0.4, 0.5) is 5.82 Å². The summed E-state index contributed by atoms with van der Waals surface area (Å²) in [5.74, 6) is 2.07. The van der Waals surface area contributed by atoms with Gasteiger partial charge in [-0.15, -0.1) is 0 Å². The van der Waals surface area contributed by atoms with Crippen molar-refractivity contribution in [1.29, 1.82) is 0 Å². The van der Waals surface area contributed by atoms with Crippen LogP contribution in [0.25, 0.3) is 5.52 Å². The van der Waals surface area contributed by atoms with E-state index in [2.05, 4.69) is 20.9 Å². The van der Waals surface area contributed by atoms with Crippen molar-refractivity contribution in [1.82, 2.24) is 9.38 Å². The molecular formula is C11H12BrN3O. The van der Waals surface area contributed by atoms with Crippen molar-refractivity contribution in [2.24, 2.45) is 0 Å². The van der Waals surface area contributed by atoms with E-state index in [0.29, 0.717) is 5.92 Å². The highest BCUT2D eigenvalue weighted by Crippen LogP contribution is 2.30. The number of nitrogens with zero attached hydrogens (tertiary/aromatic N) is 2. The molecule has 0 aliphatic carbocycles. The van der Waals surface area contributed by atoms with Gasteiger partial charge < -0.3 is 10.5 Å². The van der Waals surface area contributed by atoms with Crippen molar-refractivity contribution in [3.8, 4) is 0 Å². The monoisotopic (exact) mass is 281 g/mol. The van der Waals surface area contributed by atoms with Crippen LogP contribution in [0.15, 0.2) is 22.8 Å². The second-order valence-electron chi connectivity index (χ2n) is 3.99. The van der Waals surface area contributed by atoms with Gasteiger partial charge in [0.2, 0.25) is 0 Å². The first-order valence-corrected chi connectivity index (χ1v) is 6.07. The Hall–Kier alpha value is -1.07. The smallest absolute Gasteiger partial charge is 0.132 e. The minimum atomic E-state index is 0.350. The quantitative estimate of drug-likeness (QED) is 0.872. The zero-order chi connectivity index (χ0) is 11.1. The molecule has 2 N–H and O–H groups in total. The van der Waals surface area contributed by atoms with Crippen LogP contribution in [-0.4, -0.2) is 22.6 Å². The van der Waals surface area contributed by atoms with Crippen molar-refractivity contribution < 1.29 is 4.74 Å². The van der Waals surface area contributed by atoms with Gasteiger partial charge in [0, 0.05) is 12.5 Å². The molecule has 1 fully saturated rings. The van der Waals surface area contributed by atoms with Gasteiger partial charge in [-0.1, -0.05) is 6.07 Å². The summed E-state index contributed by atoms with van der Waals surface area (Å²) in [4.78, 5) is 4.55. The van der Waals surface area contributed by atoms with Gasteiger partial charge >= 0.3 is 0 Å². The number of aromatic nitrogens is 2. The number of halogens is 1. The number of hydrogen-bond donors (Lipinski definition) is 1. The summed E-state index contributed by atoms with van der Waals surface area (Å²) in [7, 11) is 0. The molecule has 16 heavy (non-hydrogen) atoms. The summed E-state index contributed by atoms with van der Waals surface area (Å²) in [5, 5.41) is 0. The molecule has 0 radical (unpaired) electrons. The average Bonchev–Trinajstić information content (AvgIpc) is 2.87. The molecule has 0 aromatic carbocycles. The summed E-state index contributed by atoms with van der Waals surface area (Å²) >= 11 is 3.47. The Morgan fingerprint density at radius 2 is 2.38 bits per heavy atom. The van der Waals surface area contributed by atoms with E-state index in [4.69, 9.17) is 10.5 Å². The van der Waals surface area contributed by atoms with Gasteiger partial charge in [-0.05, 0) is 34.5 Å². The zero-order valence-corrected chi connectivity index (χ0v) is 10.3. The van der Waals surface area contributed by atoms with Gasteiger partial charge in [0.15, 0.2) is 0 Å². The second kappa shape index (κ2) is 3.75. The largest absolute Gasteiger partial charge is 0.385 e. The van der Waals surface area contributed by atoms with Gasteiger partial charge in [0.1, 0.15) is 16.2 Å². The molecule has 0 amide bonds. The van der Waals surface area contributed by atoms with Crippen LogP contribution >= 0.6 is 15.9 Å². The number of nitrogens with two attached hydrogens (primary N) is 1. The summed E-state index contributed by atoms with van der Waals surface area (Å²) in [6.07, 6.45) is 1.01. The van der Waals surface area contributed by atoms with Crippen LogP contribution in [0.1, 0.15) is 18.2 Å². The Labute approximate surface area is 102 Å². The Bertz CT molecular complexity index is 531. The minimum absolute atomic E-state index is 0.350. The second-order valence-corrected chi connectivity index (χ2v) is 4.74. The van der Waals surface area contributed by atoms with E-state index in [1.165, 1.54) is 0 Å². The van der Waals surface area contributed by atoms with E-state index in [1.807, 2.05) is 22.6 Å². The van der Waals surface area contributed by atoms with Crippen molar-refractivity contribution in [2.75, 3.05) is 18.9 Å². The van der Waals surface area contributed by atoms with Crippen LogP contribution < -0.4 is 5.73 Å². The lowest BCUT2D eigenvalue weighted by Gasteiger charge is -2.08. The first-order valence-electron chi connectivity index (χ1n) is 5.27. The fourth-order valence-electron chi connectivity index (χ4n) is 2.16. The number of fused-ring (bicyclic) bond motifs is 1. The molecule has 5 heteroatoms. The predicted octanol–water partition coefficient (Wildman–Crippen LogP) is 2.18. The lowest BCUT2D eigenvalue weighted by atomic mass is 10.1. The lowest BCUT2D eigenvalue weighted by Crippen LogP contribution is -2.06. The molecule has 1 unspecified atom stereocenters. The van der Waals surface area contributed by atoms with E-state index in [1.54, 1.807) is 0 Å². The van der Waals surface area contributed by atoms with Crippen molar-refractivity contribution in [3.05, 3.63) is 28.6 Å². The first-order chi connectivity index (χ1) is 7.77. The number of anilines is 1. The molecule has 1 atom stereocenters. The Kier molecular flexibility index (Phi) is 2.37. The molecular weight excluding hydrogens is 270 g/mol. The van der Waals surface area contributed by atoms with E-state index in [0.717, 1.165) is 41.4 Å². The van der Waals surface area contributed by atoms with E-state index < -0.39 is 0 Å². The first kappa shape index (κ1) is 10.1. The summed E-state index contributed by atoms with van der Waals surface area (Å²) in [6.45, 7) is 1.55. The van der Waals surface area contributed by atoms with Crippen LogP contribution in [0.3, 0.4) is 0 Å². The van der Waals surface area contributed by atoms with Crippen LogP contribution in [0.5, 0.6) is 0 Å². The fraction of sp³-hybridized carbons (Fsp3) is 0.364. The van der Waals surface area contributed by atoms with E-state index >= 15 is 0 Å². The molecule has 3 rings (SSSR count). The molecule has 0 bridgehead atoms. The number of rotatable bonds is 1. The Morgan fingerprint density at radius 1 is 1.50 bits per heavy atom. The van der Waals surface area contributed by atoms with E-state index in [9.17, 15) is 0 Å². The van der Waals surface area contributed by atoms with Crippen molar-refractivity contribution >= 4 is 27.3 Å². The summed E-state index contributed by atoms with van der Waals surface area (Å²) < 4.78 is 8.25. The number of ether oxygens (including phenoxy) is 1. The lowest BCUT2D eigenvalue weighted by molar-refractivity contribution is 0.193. The number of pyridine rings is 1. The Balaban J connectivity index is 2.24. The third-order valence-electron chi connectivity index (χ3n) is 2.97. The highest BCUT2D eigenvalue weighted by atomic mass is 79.9. The van der Waals surface area contributed by atoms with E-state index in [-0.39, 0.29) is 0 Å². The molecule has 1 aliphatic heterocycles. The average molecular weight is 282 g/mol. The summed E-state index contributed by atoms with van der Waals surface area (Å²) in [6, 6.07) is 5.83. The number of nitrogen functional groups attached to an aromatic ring is 1. The molecule has 84 valence electrons. The summed E-state index contributed by atoms with van der Waals surface area (Å²) in [5.41, 5.74) is 7.01. The maximum absolute atomic E-state index is 6.00. The standard InChI is InChI=1S/C11H12BrN3O/c12-10-8-2-1-3-9(13)15(8)11(14-10)7-4-5-16-6-7/h1-3,7H,4-6,13H2. The maximum Gasteiger partial charge on any atom is 0.132 e. The number of hydrogen-bond acceptors (Lipinski definition) is 3. The predicted molar refractivity (Wildman–Crippen MR) is 65.5 cm³/mol. The van der Waals surface area contributed by atoms with Gasteiger partial charge in [0.25, 0.3) is 0 Å². The molecule has 2 aromatic heterocycles. The third-order valence-corrected chi connectivity index (χ3v) is 3.55. The molecule has 3 heterocycles. The highest BCUT2D eigenvalue weighted by molar-refractivity contribution is 9.10. The normalized spacial score (nSPS) is 20.7. The topological polar surface area (TPSA) is 52.5 Å². The van der Waals surface area contributed by atoms with Crippen LogP contribution in [-0.2, 0) is 4.74 Å². The zero-order valence-electron chi connectivity index (χ0n) is 8.69. The third kappa shape index (κ3) is 1.43. The van der Waals surface area contributed by atoms with Crippen LogP contribution in [0.2, 0.25) is 0 Å². The molecule has 0 saturated carbocycles. The fourth-order valence-corrected chi connectivity index (χ4v) is 2.65.